The summed E-state index contributed by atoms with van der Waals surface area (Å²) in [6.07, 6.45) is 2.11. The summed E-state index contributed by atoms with van der Waals surface area (Å²) in [6.45, 7) is 2.15. The molecule has 2 aromatic heterocycles. The van der Waals surface area contributed by atoms with Gasteiger partial charge < -0.3 is 4.52 Å². The maximum absolute atomic E-state index is 12.1. The number of benzene rings is 1. The molecule has 7 heteroatoms. The summed E-state index contributed by atoms with van der Waals surface area (Å²) >= 11 is 1.68. The number of rotatable bonds is 6. The van der Waals surface area contributed by atoms with E-state index in [4.69, 9.17) is 4.52 Å². The first-order valence-corrected chi connectivity index (χ1v) is 9.41. The zero-order valence-corrected chi connectivity index (χ0v) is 13.7. The van der Waals surface area contributed by atoms with E-state index in [2.05, 4.69) is 27.4 Å². The fourth-order valence-electron chi connectivity index (χ4n) is 2.25. The summed E-state index contributed by atoms with van der Waals surface area (Å²) in [5, 5.41) is 6.98. The second-order valence-corrected chi connectivity index (χ2v) is 7.82. The Balaban J connectivity index is 1.61. The number of aryl methyl sites for hydroxylation is 1. The van der Waals surface area contributed by atoms with Crippen molar-refractivity contribution in [3.8, 4) is 0 Å². The molecular formula is C15H16N2O3S2. The number of thiophene rings is 1. The average Bonchev–Trinajstić information content (AvgIpc) is 3.06. The summed E-state index contributed by atoms with van der Waals surface area (Å²) in [7, 11) is -3.40. The Labute approximate surface area is 133 Å². The van der Waals surface area contributed by atoms with Crippen molar-refractivity contribution < 1.29 is 12.9 Å². The van der Waals surface area contributed by atoms with Crippen LogP contribution in [0.2, 0.25) is 0 Å². The lowest BCUT2D eigenvalue weighted by molar-refractivity contribution is 0.413. The van der Waals surface area contributed by atoms with E-state index in [0.29, 0.717) is 18.7 Å². The largest absolute Gasteiger partial charge is 0.364 e. The Kier molecular flexibility index (Phi) is 4.28. The van der Waals surface area contributed by atoms with E-state index in [9.17, 15) is 8.42 Å². The van der Waals surface area contributed by atoms with Crippen molar-refractivity contribution in [1.82, 2.24) is 9.88 Å². The SMILES string of the molecule is Cc1conc1CS(=O)(=O)NCCc1csc2ccccc12. The molecule has 0 unspecified atom stereocenters. The lowest BCUT2D eigenvalue weighted by Crippen LogP contribution is -2.27. The van der Waals surface area contributed by atoms with E-state index in [1.165, 1.54) is 21.9 Å². The molecule has 22 heavy (non-hydrogen) atoms. The van der Waals surface area contributed by atoms with Crippen molar-refractivity contribution in [1.29, 1.82) is 0 Å². The first-order chi connectivity index (χ1) is 10.6. The van der Waals surface area contributed by atoms with E-state index in [1.807, 2.05) is 12.1 Å². The molecular weight excluding hydrogens is 320 g/mol. The number of sulfonamides is 1. The topological polar surface area (TPSA) is 72.2 Å². The van der Waals surface area contributed by atoms with Gasteiger partial charge in [0.2, 0.25) is 10.0 Å². The second kappa shape index (κ2) is 6.20. The molecule has 0 aliphatic rings. The van der Waals surface area contributed by atoms with Crippen molar-refractivity contribution >= 4 is 31.4 Å². The van der Waals surface area contributed by atoms with Gasteiger partial charge in [-0.25, -0.2) is 13.1 Å². The maximum atomic E-state index is 12.1. The minimum atomic E-state index is -3.40. The van der Waals surface area contributed by atoms with Crippen LogP contribution in [0.25, 0.3) is 10.1 Å². The second-order valence-electron chi connectivity index (χ2n) is 5.10. The molecule has 1 aromatic carbocycles. The predicted molar refractivity (Wildman–Crippen MR) is 87.4 cm³/mol. The summed E-state index contributed by atoms with van der Waals surface area (Å²) in [5.41, 5.74) is 2.36. The molecule has 0 radical (unpaired) electrons. The van der Waals surface area contributed by atoms with Crippen LogP contribution in [-0.2, 0) is 22.2 Å². The summed E-state index contributed by atoms with van der Waals surface area (Å²) in [5.74, 6) is -0.153. The number of hydrogen-bond donors (Lipinski definition) is 1. The van der Waals surface area contributed by atoms with Gasteiger partial charge in [-0.1, -0.05) is 23.4 Å². The van der Waals surface area contributed by atoms with Gasteiger partial charge in [0, 0.05) is 16.8 Å². The number of hydrogen-bond acceptors (Lipinski definition) is 5. The molecule has 0 atom stereocenters. The minimum Gasteiger partial charge on any atom is -0.364 e. The lowest BCUT2D eigenvalue weighted by atomic mass is 10.1. The third-order valence-corrected chi connectivity index (χ3v) is 5.76. The molecule has 0 saturated heterocycles. The number of nitrogens with one attached hydrogen (secondary N) is 1. The van der Waals surface area contributed by atoms with Gasteiger partial charge in [-0.3, -0.25) is 0 Å². The fourth-order valence-corrected chi connectivity index (χ4v) is 4.40. The Bertz CT molecular complexity index is 881. The molecule has 0 spiro atoms. The molecule has 1 N–H and O–H groups in total. The summed E-state index contributed by atoms with van der Waals surface area (Å²) in [6, 6.07) is 8.14. The van der Waals surface area contributed by atoms with Gasteiger partial charge in [-0.15, -0.1) is 11.3 Å². The molecule has 0 aliphatic heterocycles. The Morgan fingerprint density at radius 3 is 2.91 bits per heavy atom. The first kappa shape index (κ1) is 15.2. The van der Waals surface area contributed by atoms with Crippen LogP contribution in [-0.4, -0.2) is 20.1 Å². The van der Waals surface area contributed by atoms with Gasteiger partial charge in [0.1, 0.15) is 17.7 Å². The van der Waals surface area contributed by atoms with E-state index in [0.717, 1.165) is 5.56 Å². The van der Waals surface area contributed by atoms with Crippen LogP contribution in [0.3, 0.4) is 0 Å². The molecule has 5 nitrogen and oxygen atoms in total. The first-order valence-electron chi connectivity index (χ1n) is 6.87. The van der Waals surface area contributed by atoms with Gasteiger partial charge in [0.15, 0.2) is 0 Å². The van der Waals surface area contributed by atoms with Gasteiger partial charge in [0.25, 0.3) is 0 Å². The maximum Gasteiger partial charge on any atom is 0.217 e. The van der Waals surface area contributed by atoms with Gasteiger partial charge in [-0.05, 0) is 35.7 Å². The predicted octanol–water partition coefficient (Wildman–Crippen LogP) is 2.86. The molecule has 3 aromatic rings. The standard InChI is InChI=1S/C15H16N2O3S2/c1-11-8-20-17-14(11)10-22(18,19)16-7-6-12-9-21-15-5-3-2-4-13(12)15/h2-5,8-9,16H,6-7,10H2,1H3. The zero-order valence-electron chi connectivity index (χ0n) is 12.1. The molecule has 0 saturated carbocycles. The van der Waals surface area contributed by atoms with Crippen LogP contribution in [0.1, 0.15) is 16.8 Å². The van der Waals surface area contributed by atoms with Crippen molar-refractivity contribution in [2.45, 2.75) is 19.1 Å². The molecule has 116 valence electrons. The average molecular weight is 336 g/mol. The van der Waals surface area contributed by atoms with Crippen LogP contribution >= 0.6 is 11.3 Å². The lowest BCUT2D eigenvalue weighted by Gasteiger charge is -2.05. The smallest absolute Gasteiger partial charge is 0.217 e. The van der Waals surface area contributed by atoms with Crippen molar-refractivity contribution in [2.24, 2.45) is 0 Å². The Morgan fingerprint density at radius 2 is 2.14 bits per heavy atom. The minimum absolute atomic E-state index is 0.153. The highest BCUT2D eigenvalue weighted by Gasteiger charge is 2.15. The van der Waals surface area contributed by atoms with Crippen LogP contribution in [0, 0.1) is 6.92 Å². The summed E-state index contributed by atoms with van der Waals surface area (Å²) in [4.78, 5) is 0. The van der Waals surface area contributed by atoms with Crippen LogP contribution < -0.4 is 4.72 Å². The Morgan fingerprint density at radius 1 is 1.32 bits per heavy atom. The quantitative estimate of drug-likeness (QED) is 0.751. The third kappa shape index (κ3) is 3.37. The molecule has 3 rings (SSSR count). The molecule has 0 bridgehead atoms. The van der Waals surface area contributed by atoms with Crippen LogP contribution in [0.4, 0.5) is 0 Å². The highest BCUT2D eigenvalue weighted by atomic mass is 32.2. The monoisotopic (exact) mass is 336 g/mol. The van der Waals surface area contributed by atoms with Gasteiger partial charge in [0.05, 0.1) is 0 Å². The molecule has 0 fully saturated rings. The van der Waals surface area contributed by atoms with E-state index in [1.54, 1.807) is 18.3 Å². The normalized spacial score (nSPS) is 12.0. The van der Waals surface area contributed by atoms with E-state index >= 15 is 0 Å². The number of fused-ring (bicyclic) bond motifs is 1. The zero-order chi connectivity index (χ0) is 15.6. The van der Waals surface area contributed by atoms with E-state index in [-0.39, 0.29) is 5.75 Å². The third-order valence-electron chi connectivity index (χ3n) is 3.45. The van der Waals surface area contributed by atoms with E-state index < -0.39 is 10.0 Å². The summed E-state index contributed by atoms with van der Waals surface area (Å²) < 4.78 is 32.7. The fraction of sp³-hybridized carbons (Fsp3) is 0.267. The van der Waals surface area contributed by atoms with Crippen molar-refractivity contribution in [3.05, 3.63) is 52.7 Å². The van der Waals surface area contributed by atoms with Gasteiger partial charge >= 0.3 is 0 Å². The number of aromatic nitrogens is 1. The molecule has 2 heterocycles. The Hall–Kier alpha value is -1.70. The van der Waals surface area contributed by atoms with Crippen molar-refractivity contribution in [2.75, 3.05) is 6.54 Å². The van der Waals surface area contributed by atoms with Gasteiger partial charge in [-0.2, -0.15) is 0 Å². The highest BCUT2D eigenvalue weighted by molar-refractivity contribution is 7.88. The van der Waals surface area contributed by atoms with Crippen LogP contribution in [0.5, 0.6) is 0 Å². The molecule has 0 aliphatic carbocycles. The van der Waals surface area contributed by atoms with Crippen LogP contribution in [0.15, 0.2) is 40.4 Å². The van der Waals surface area contributed by atoms with Crippen molar-refractivity contribution in [3.63, 3.8) is 0 Å². The highest BCUT2D eigenvalue weighted by Crippen LogP contribution is 2.25. The molecule has 0 amide bonds. The number of nitrogens with zero attached hydrogens (tertiary/aromatic N) is 1.